The van der Waals surface area contributed by atoms with Crippen LogP contribution in [0.15, 0.2) is 0 Å². The largest absolute Gasteiger partial charge is 0.316 e. The topological polar surface area (TPSA) is 12.0 Å². The summed E-state index contributed by atoms with van der Waals surface area (Å²) in [6.07, 6.45) is 13.3. The second-order valence-electron chi connectivity index (χ2n) is 6.14. The monoisotopic (exact) mass is 223 g/mol. The van der Waals surface area contributed by atoms with Gasteiger partial charge in [0.05, 0.1) is 0 Å². The Morgan fingerprint density at radius 2 is 1.56 bits per heavy atom. The third-order valence-corrected chi connectivity index (χ3v) is 5.13. The van der Waals surface area contributed by atoms with Gasteiger partial charge in [-0.1, -0.05) is 45.4 Å². The lowest BCUT2D eigenvalue weighted by atomic mass is 9.79. The third kappa shape index (κ3) is 2.80. The van der Waals surface area contributed by atoms with Crippen LogP contribution in [-0.2, 0) is 0 Å². The average molecular weight is 223 g/mol. The maximum Gasteiger partial charge on any atom is 0.0123 e. The molecule has 0 spiro atoms. The Morgan fingerprint density at radius 1 is 0.875 bits per heavy atom. The normalized spacial score (nSPS) is 34.9. The van der Waals surface area contributed by atoms with Crippen LogP contribution < -0.4 is 5.32 Å². The Kier molecular flexibility index (Phi) is 4.69. The summed E-state index contributed by atoms with van der Waals surface area (Å²) in [4.78, 5) is 0. The molecule has 1 nitrogen and oxygen atoms in total. The fourth-order valence-electron chi connectivity index (χ4n) is 4.18. The van der Waals surface area contributed by atoms with Gasteiger partial charge >= 0.3 is 0 Å². The predicted molar refractivity (Wildman–Crippen MR) is 70.5 cm³/mol. The van der Waals surface area contributed by atoms with E-state index in [0.717, 1.165) is 23.8 Å². The quantitative estimate of drug-likeness (QED) is 0.714. The summed E-state index contributed by atoms with van der Waals surface area (Å²) >= 11 is 0. The van der Waals surface area contributed by atoms with Crippen molar-refractivity contribution in [2.75, 3.05) is 7.05 Å². The van der Waals surface area contributed by atoms with Crippen LogP contribution in [-0.4, -0.2) is 13.1 Å². The summed E-state index contributed by atoms with van der Waals surface area (Å²) in [5.41, 5.74) is 0. The highest BCUT2D eigenvalue weighted by Gasteiger charge is 2.34. The van der Waals surface area contributed by atoms with Gasteiger partial charge in [-0.05, 0) is 44.1 Å². The van der Waals surface area contributed by atoms with Crippen LogP contribution >= 0.6 is 0 Å². The van der Waals surface area contributed by atoms with Crippen molar-refractivity contribution in [1.29, 1.82) is 0 Å². The first-order chi connectivity index (χ1) is 7.83. The summed E-state index contributed by atoms with van der Waals surface area (Å²) in [5.74, 6) is 2.90. The number of hydrogen-bond donors (Lipinski definition) is 1. The Bertz CT molecular complexity index is 194. The lowest BCUT2D eigenvalue weighted by Gasteiger charge is -2.33. The van der Waals surface area contributed by atoms with Gasteiger partial charge in [0.15, 0.2) is 0 Å². The van der Waals surface area contributed by atoms with E-state index in [-0.39, 0.29) is 0 Å². The number of hydrogen-bond acceptors (Lipinski definition) is 1. The second kappa shape index (κ2) is 6.05. The van der Waals surface area contributed by atoms with E-state index < -0.39 is 0 Å². The van der Waals surface area contributed by atoms with Crippen LogP contribution in [0.5, 0.6) is 0 Å². The molecular formula is C15H29N. The van der Waals surface area contributed by atoms with Gasteiger partial charge < -0.3 is 5.32 Å². The molecule has 2 saturated carbocycles. The fraction of sp³-hybridized carbons (Fsp3) is 1.00. The summed E-state index contributed by atoms with van der Waals surface area (Å²) in [6.45, 7) is 2.47. The molecule has 0 aliphatic heterocycles. The molecule has 3 atom stereocenters. The van der Waals surface area contributed by atoms with E-state index in [1.54, 1.807) is 0 Å². The molecule has 94 valence electrons. The van der Waals surface area contributed by atoms with Crippen LogP contribution in [0.4, 0.5) is 0 Å². The highest BCUT2D eigenvalue weighted by molar-refractivity contribution is 4.89. The van der Waals surface area contributed by atoms with E-state index in [2.05, 4.69) is 19.3 Å². The first-order valence-electron chi connectivity index (χ1n) is 7.50. The van der Waals surface area contributed by atoms with Crippen LogP contribution in [0.2, 0.25) is 0 Å². The molecule has 0 aromatic rings. The van der Waals surface area contributed by atoms with Crippen molar-refractivity contribution >= 4 is 0 Å². The van der Waals surface area contributed by atoms with E-state index in [4.69, 9.17) is 0 Å². The van der Waals surface area contributed by atoms with Gasteiger partial charge in [0, 0.05) is 6.04 Å². The molecule has 0 bridgehead atoms. The molecule has 2 aliphatic rings. The van der Waals surface area contributed by atoms with E-state index in [9.17, 15) is 0 Å². The molecule has 16 heavy (non-hydrogen) atoms. The van der Waals surface area contributed by atoms with Crippen molar-refractivity contribution in [2.45, 2.75) is 70.8 Å². The van der Waals surface area contributed by atoms with Crippen molar-refractivity contribution in [3.05, 3.63) is 0 Å². The minimum Gasteiger partial charge on any atom is -0.316 e. The number of nitrogens with one attached hydrogen (secondary N) is 1. The molecule has 2 aliphatic carbocycles. The van der Waals surface area contributed by atoms with Crippen molar-refractivity contribution in [2.24, 2.45) is 17.8 Å². The molecule has 0 heterocycles. The highest BCUT2D eigenvalue weighted by atomic mass is 14.9. The average Bonchev–Trinajstić information content (AvgIpc) is 2.57. The maximum absolute atomic E-state index is 3.67. The smallest absolute Gasteiger partial charge is 0.0123 e. The fourth-order valence-corrected chi connectivity index (χ4v) is 4.18. The van der Waals surface area contributed by atoms with Crippen LogP contribution in [0.3, 0.4) is 0 Å². The second-order valence-corrected chi connectivity index (χ2v) is 6.14. The van der Waals surface area contributed by atoms with Gasteiger partial charge in [0.1, 0.15) is 0 Å². The minimum atomic E-state index is 0.815. The van der Waals surface area contributed by atoms with E-state index in [1.807, 2.05) is 0 Å². The van der Waals surface area contributed by atoms with Gasteiger partial charge in [-0.25, -0.2) is 0 Å². The maximum atomic E-state index is 3.67. The minimum absolute atomic E-state index is 0.815. The van der Waals surface area contributed by atoms with E-state index in [1.165, 1.54) is 57.8 Å². The Labute approximate surface area is 101 Å². The van der Waals surface area contributed by atoms with Crippen LogP contribution in [0.25, 0.3) is 0 Å². The molecule has 2 fully saturated rings. The molecule has 3 unspecified atom stereocenters. The molecule has 0 radical (unpaired) electrons. The molecule has 2 rings (SSSR count). The highest BCUT2D eigenvalue weighted by Crippen LogP contribution is 2.39. The van der Waals surface area contributed by atoms with Gasteiger partial charge in [-0.15, -0.1) is 0 Å². The molecule has 0 aromatic carbocycles. The zero-order chi connectivity index (χ0) is 11.4. The Morgan fingerprint density at radius 3 is 2.06 bits per heavy atom. The Hall–Kier alpha value is -0.0400. The van der Waals surface area contributed by atoms with Crippen molar-refractivity contribution < 1.29 is 0 Å². The Balaban J connectivity index is 1.96. The number of rotatable bonds is 3. The standard InChI is InChI=1S/C15H29N/c1-12-8-7-11-14(12)15(16-2)13-9-5-3-4-6-10-13/h12-16H,3-11H2,1-2H3. The first kappa shape index (κ1) is 12.4. The van der Waals surface area contributed by atoms with Crippen molar-refractivity contribution in [3.8, 4) is 0 Å². The molecule has 0 saturated heterocycles. The summed E-state index contributed by atoms with van der Waals surface area (Å²) < 4.78 is 0. The molecule has 1 heteroatoms. The summed E-state index contributed by atoms with van der Waals surface area (Å²) in [5, 5.41) is 3.67. The summed E-state index contributed by atoms with van der Waals surface area (Å²) in [7, 11) is 2.20. The SMILES string of the molecule is CNC(C1CCCCCC1)C1CCCC1C. The predicted octanol–water partition coefficient (Wildman–Crippen LogP) is 3.98. The van der Waals surface area contributed by atoms with Gasteiger partial charge in [0.25, 0.3) is 0 Å². The van der Waals surface area contributed by atoms with E-state index >= 15 is 0 Å². The lowest BCUT2D eigenvalue weighted by Crippen LogP contribution is -2.41. The van der Waals surface area contributed by atoms with Crippen molar-refractivity contribution in [3.63, 3.8) is 0 Å². The van der Waals surface area contributed by atoms with Gasteiger partial charge in [0.2, 0.25) is 0 Å². The van der Waals surface area contributed by atoms with Crippen LogP contribution in [0.1, 0.15) is 64.7 Å². The zero-order valence-electron chi connectivity index (χ0n) is 11.2. The third-order valence-electron chi connectivity index (χ3n) is 5.13. The first-order valence-corrected chi connectivity index (χ1v) is 7.50. The van der Waals surface area contributed by atoms with Gasteiger partial charge in [-0.3, -0.25) is 0 Å². The van der Waals surface area contributed by atoms with Gasteiger partial charge in [-0.2, -0.15) is 0 Å². The van der Waals surface area contributed by atoms with Crippen LogP contribution in [0, 0.1) is 17.8 Å². The molecule has 1 N–H and O–H groups in total. The van der Waals surface area contributed by atoms with E-state index in [0.29, 0.717) is 0 Å². The molecule has 0 aromatic heterocycles. The lowest BCUT2D eigenvalue weighted by molar-refractivity contribution is 0.214. The molecular weight excluding hydrogens is 194 g/mol. The zero-order valence-corrected chi connectivity index (χ0v) is 11.2. The molecule has 0 amide bonds. The van der Waals surface area contributed by atoms with Crippen molar-refractivity contribution in [1.82, 2.24) is 5.32 Å². The summed E-state index contributed by atoms with van der Waals surface area (Å²) in [6, 6.07) is 0.815.